The summed E-state index contributed by atoms with van der Waals surface area (Å²) < 4.78 is 69.9. The largest absolute Gasteiger partial charge is 0.468 e. The van der Waals surface area contributed by atoms with Gasteiger partial charge in [-0.3, -0.25) is 9.10 Å². The molecule has 0 atom stereocenters. The van der Waals surface area contributed by atoms with Gasteiger partial charge in [0.25, 0.3) is 10.0 Å². The smallest absolute Gasteiger partial charge is 0.416 e. The predicted octanol–water partition coefficient (Wildman–Crippen LogP) is 4.38. The molecule has 0 bridgehead atoms. The number of alkyl halides is 3. The van der Waals surface area contributed by atoms with Crippen molar-refractivity contribution in [3.8, 4) is 0 Å². The van der Waals surface area contributed by atoms with Crippen molar-refractivity contribution < 1.29 is 31.1 Å². The monoisotopic (exact) mass is 441 g/mol. The lowest BCUT2D eigenvalue weighted by molar-refractivity contribution is -0.139. The van der Waals surface area contributed by atoms with E-state index in [4.69, 9.17) is 23.2 Å². The maximum Gasteiger partial charge on any atom is 0.416 e. The van der Waals surface area contributed by atoms with Crippen LogP contribution in [0.5, 0.6) is 0 Å². The maximum absolute atomic E-state index is 13.0. The maximum atomic E-state index is 13.0. The van der Waals surface area contributed by atoms with E-state index in [-0.39, 0.29) is 14.9 Å². The third-order valence-corrected chi connectivity index (χ3v) is 5.79. The van der Waals surface area contributed by atoms with Gasteiger partial charge in [0.15, 0.2) is 0 Å². The molecule has 0 radical (unpaired) electrons. The van der Waals surface area contributed by atoms with Crippen LogP contribution >= 0.6 is 23.2 Å². The standard InChI is InChI=1S/C16H12Cl2F3NO4S/c1-26-15(23)9-22(27(24,25)12-5-3-11(17)4-6-12)14-8-10(16(19,20)21)2-7-13(14)18/h2-8H,9H2,1H3. The topological polar surface area (TPSA) is 63.7 Å². The number of carbonyl (C=O) groups excluding carboxylic acids is 1. The van der Waals surface area contributed by atoms with Crippen LogP contribution in [-0.4, -0.2) is 28.0 Å². The molecule has 0 aliphatic rings. The lowest BCUT2D eigenvalue weighted by Crippen LogP contribution is -2.36. The number of hydrogen-bond donors (Lipinski definition) is 0. The number of sulfonamides is 1. The fourth-order valence-corrected chi connectivity index (χ4v) is 3.91. The number of benzene rings is 2. The second-order valence-corrected chi connectivity index (χ2v) is 7.91. The molecule has 0 spiro atoms. The average Bonchev–Trinajstić information content (AvgIpc) is 2.59. The van der Waals surface area contributed by atoms with Gasteiger partial charge in [0.2, 0.25) is 0 Å². The Bertz CT molecular complexity index is 947. The number of rotatable bonds is 5. The van der Waals surface area contributed by atoms with Crippen molar-refractivity contribution in [2.45, 2.75) is 11.1 Å². The van der Waals surface area contributed by atoms with E-state index in [1.165, 1.54) is 12.1 Å². The minimum atomic E-state index is -4.74. The summed E-state index contributed by atoms with van der Waals surface area (Å²) in [5.74, 6) is -0.985. The third-order valence-electron chi connectivity index (χ3n) is 3.44. The van der Waals surface area contributed by atoms with E-state index in [1.807, 2.05) is 0 Å². The number of ether oxygens (including phenoxy) is 1. The second kappa shape index (κ2) is 7.95. The van der Waals surface area contributed by atoms with Crippen LogP contribution in [0.2, 0.25) is 10.0 Å². The zero-order valence-corrected chi connectivity index (χ0v) is 16.0. The van der Waals surface area contributed by atoms with Crippen molar-refractivity contribution in [3.05, 3.63) is 58.1 Å². The summed E-state index contributed by atoms with van der Waals surface area (Å²) >= 11 is 11.7. The molecule has 146 valence electrons. The summed E-state index contributed by atoms with van der Waals surface area (Å²) in [6, 6.07) is 7.06. The highest BCUT2D eigenvalue weighted by Crippen LogP contribution is 2.37. The molecular formula is C16H12Cl2F3NO4S. The fourth-order valence-electron chi connectivity index (χ4n) is 2.10. The van der Waals surface area contributed by atoms with Gasteiger partial charge in [-0.05, 0) is 42.5 Å². The van der Waals surface area contributed by atoms with Gasteiger partial charge in [-0.25, -0.2) is 8.42 Å². The first kappa shape index (κ1) is 21.3. The van der Waals surface area contributed by atoms with E-state index in [2.05, 4.69) is 4.74 Å². The van der Waals surface area contributed by atoms with Gasteiger partial charge in [-0.2, -0.15) is 13.2 Å². The summed E-state index contributed by atoms with van der Waals surface area (Å²) in [6.45, 7) is -0.873. The molecule has 27 heavy (non-hydrogen) atoms. The molecule has 0 N–H and O–H groups in total. The minimum absolute atomic E-state index is 0.255. The average molecular weight is 442 g/mol. The van der Waals surface area contributed by atoms with Crippen LogP contribution in [-0.2, 0) is 25.7 Å². The Labute approximate surface area is 163 Å². The van der Waals surface area contributed by atoms with E-state index >= 15 is 0 Å². The Morgan fingerprint density at radius 3 is 2.22 bits per heavy atom. The predicted molar refractivity (Wildman–Crippen MR) is 94.5 cm³/mol. The Morgan fingerprint density at radius 2 is 1.70 bits per heavy atom. The number of nitrogens with zero attached hydrogens (tertiary/aromatic N) is 1. The number of methoxy groups -OCH3 is 1. The van der Waals surface area contributed by atoms with Gasteiger partial charge in [0.05, 0.1) is 28.3 Å². The zero-order chi connectivity index (χ0) is 20.4. The highest BCUT2D eigenvalue weighted by atomic mass is 35.5. The van der Waals surface area contributed by atoms with Crippen LogP contribution in [0, 0.1) is 0 Å². The number of halogens is 5. The molecule has 0 saturated heterocycles. The number of hydrogen-bond acceptors (Lipinski definition) is 4. The van der Waals surface area contributed by atoms with Gasteiger partial charge in [-0.1, -0.05) is 23.2 Å². The van der Waals surface area contributed by atoms with E-state index in [1.54, 1.807) is 0 Å². The molecule has 2 aromatic rings. The normalized spacial score (nSPS) is 11.9. The SMILES string of the molecule is COC(=O)CN(c1cc(C(F)(F)F)ccc1Cl)S(=O)(=O)c1ccc(Cl)cc1. The first-order valence-electron chi connectivity index (χ1n) is 7.18. The summed E-state index contributed by atoms with van der Waals surface area (Å²) in [6.07, 6.45) is -4.74. The highest BCUT2D eigenvalue weighted by Gasteiger charge is 2.34. The van der Waals surface area contributed by atoms with E-state index in [9.17, 15) is 26.4 Å². The molecule has 2 aromatic carbocycles. The number of anilines is 1. The lowest BCUT2D eigenvalue weighted by atomic mass is 10.2. The molecule has 0 heterocycles. The van der Waals surface area contributed by atoms with Crippen molar-refractivity contribution in [3.63, 3.8) is 0 Å². The van der Waals surface area contributed by atoms with Gasteiger partial charge < -0.3 is 4.74 Å². The molecule has 0 unspecified atom stereocenters. The van der Waals surface area contributed by atoms with Crippen LogP contribution < -0.4 is 4.31 Å². The summed E-state index contributed by atoms with van der Waals surface area (Å²) in [7, 11) is -3.42. The number of carbonyl (C=O) groups is 1. The van der Waals surface area contributed by atoms with Crippen LogP contribution in [0.25, 0.3) is 0 Å². The van der Waals surface area contributed by atoms with Crippen molar-refractivity contribution in [1.82, 2.24) is 0 Å². The van der Waals surface area contributed by atoms with Crippen LogP contribution in [0.15, 0.2) is 47.4 Å². The first-order valence-corrected chi connectivity index (χ1v) is 9.38. The summed E-state index contributed by atoms with van der Waals surface area (Å²) in [4.78, 5) is 11.4. The van der Waals surface area contributed by atoms with Gasteiger partial charge in [0, 0.05) is 5.02 Å². The summed E-state index contributed by atoms with van der Waals surface area (Å²) in [5, 5.41) is -0.0324. The minimum Gasteiger partial charge on any atom is -0.468 e. The quantitative estimate of drug-likeness (QED) is 0.645. The highest BCUT2D eigenvalue weighted by molar-refractivity contribution is 7.92. The molecule has 0 amide bonds. The van der Waals surface area contributed by atoms with E-state index < -0.39 is 40.0 Å². The molecule has 0 aliphatic carbocycles. The third kappa shape index (κ3) is 4.85. The first-order chi connectivity index (χ1) is 12.5. The Kier molecular flexibility index (Phi) is 6.28. The van der Waals surface area contributed by atoms with Crippen molar-refractivity contribution >= 4 is 44.9 Å². The molecule has 0 fully saturated rings. The molecule has 0 aromatic heterocycles. The molecule has 11 heteroatoms. The van der Waals surface area contributed by atoms with Crippen molar-refractivity contribution in [2.24, 2.45) is 0 Å². The van der Waals surface area contributed by atoms with Crippen molar-refractivity contribution in [1.29, 1.82) is 0 Å². The fraction of sp³-hybridized carbons (Fsp3) is 0.188. The van der Waals surface area contributed by atoms with Gasteiger partial charge >= 0.3 is 12.1 Å². The molecule has 0 saturated carbocycles. The molecule has 2 rings (SSSR count). The Balaban J connectivity index is 2.65. The van der Waals surface area contributed by atoms with E-state index in [0.29, 0.717) is 16.4 Å². The molecule has 5 nitrogen and oxygen atoms in total. The Morgan fingerprint density at radius 1 is 1.11 bits per heavy atom. The zero-order valence-electron chi connectivity index (χ0n) is 13.6. The van der Waals surface area contributed by atoms with Gasteiger partial charge in [-0.15, -0.1) is 0 Å². The van der Waals surface area contributed by atoms with Crippen LogP contribution in [0.1, 0.15) is 5.56 Å². The van der Waals surface area contributed by atoms with Gasteiger partial charge in [0.1, 0.15) is 6.54 Å². The summed E-state index contributed by atoms with van der Waals surface area (Å²) in [5.41, 5.74) is -1.63. The molecular weight excluding hydrogens is 430 g/mol. The Hall–Kier alpha value is -1.97. The molecule has 0 aliphatic heterocycles. The second-order valence-electron chi connectivity index (χ2n) is 5.21. The number of esters is 1. The van der Waals surface area contributed by atoms with Crippen molar-refractivity contribution in [2.75, 3.05) is 18.0 Å². The van der Waals surface area contributed by atoms with Crippen LogP contribution in [0.3, 0.4) is 0 Å². The van der Waals surface area contributed by atoms with Crippen LogP contribution in [0.4, 0.5) is 18.9 Å². The lowest BCUT2D eigenvalue weighted by Gasteiger charge is -2.25. The van der Waals surface area contributed by atoms with E-state index in [0.717, 1.165) is 25.3 Å².